The Morgan fingerprint density at radius 1 is 1.22 bits per heavy atom. The molecule has 1 amide bonds. The molecule has 0 radical (unpaired) electrons. The van der Waals surface area contributed by atoms with Crippen LogP contribution in [-0.4, -0.2) is 33.6 Å². The minimum absolute atomic E-state index is 0.0191. The summed E-state index contributed by atoms with van der Waals surface area (Å²) in [5, 5.41) is 16.1. The molecule has 136 valence electrons. The normalized spacial score (nSPS) is 10.7. The number of aromatic amines is 1. The third-order valence-corrected chi connectivity index (χ3v) is 3.86. The molecule has 0 spiro atoms. The number of tetrazole rings is 1. The van der Waals surface area contributed by atoms with Gasteiger partial charge in [0.2, 0.25) is 11.7 Å². The molecule has 0 atom stereocenters. The van der Waals surface area contributed by atoms with Gasteiger partial charge >= 0.3 is 0 Å². The molecule has 0 fully saturated rings. The lowest BCUT2D eigenvalue weighted by molar-refractivity contribution is 0.0991. The Morgan fingerprint density at radius 2 is 2.07 bits per heavy atom. The van der Waals surface area contributed by atoms with Crippen molar-refractivity contribution >= 4 is 22.8 Å². The van der Waals surface area contributed by atoms with Crippen molar-refractivity contribution in [2.75, 3.05) is 12.4 Å². The third-order valence-electron chi connectivity index (χ3n) is 3.86. The smallest absolute Gasteiger partial charge is 0.297 e. The van der Waals surface area contributed by atoms with Crippen LogP contribution in [0.4, 0.5) is 5.95 Å². The largest absolute Gasteiger partial charge is 0.497 e. The molecule has 9 heteroatoms. The van der Waals surface area contributed by atoms with Crippen LogP contribution in [0.3, 0.4) is 0 Å². The molecule has 2 aromatic carbocycles. The van der Waals surface area contributed by atoms with E-state index in [9.17, 15) is 4.79 Å². The molecule has 0 saturated heterocycles. The molecule has 0 aliphatic heterocycles. The maximum atomic E-state index is 12.6. The molecule has 27 heavy (non-hydrogen) atoms. The second-order valence-corrected chi connectivity index (χ2v) is 5.60. The Labute approximate surface area is 153 Å². The molecule has 0 aliphatic carbocycles. The lowest BCUT2D eigenvalue weighted by atomic mass is 10.2. The number of carbonyl (C=O) groups is 1. The van der Waals surface area contributed by atoms with Gasteiger partial charge in [-0.2, -0.15) is 0 Å². The first kappa shape index (κ1) is 16.6. The minimum Gasteiger partial charge on any atom is -0.497 e. The topological polar surface area (TPSA) is 115 Å². The lowest BCUT2D eigenvalue weighted by Crippen LogP contribution is -2.13. The van der Waals surface area contributed by atoms with E-state index < -0.39 is 5.91 Å². The van der Waals surface area contributed by atoms with Crippen LogP contribution in [0.2, 0.25) is 0 Å². The van der Waals surface area contributed by atoms with E-state index >= 15 is 0 Å². The number of aromatic nitrogens is 4. The highest BCUT2D eigenvalue weighted by atomic mass is 16.5. The van der Waals surface area contributed by atoms with Gasteiger partial charge in [-0.05, 0) is 28.1 Å². The van der Waals surface area contributed by atoms with Gasteiger partial charge in [0.05, 0.1) is 12.5 Å². The number of ether oxygens (including phenoxy) is 2. The van der Waals surface area contributed by atoms with Gasteiger partial charge in [0.25, 0.3) is 5.91 Å². The standard InChI is InChI=1S/C18H15N5O4/c1-25-12-7-8-13-14(9-12)27-16(17(24)19-18-20-22-23-21-18)15(13)26-10-11-5-3-2-4-6-11/h2-9H,10H2,1H3,(H2,19,20,21,22,23,24). The van der Waals surface area contributed by atoms with E-state index in [1.807, 2.05) is 30.3 Å². The van der Waals surface area contributed by atoms with Crippen molar-refractivity contribution in [3.05, 3.63) is 59.9 Å². The summed E-state index contributed by atoms with van der Waals surface area (Å²) in [5.41, 5.74) is 1.43. The summed E-state index contributed by atoms with van der Waals surface area (Å²) in [6.45, 7) is 0.283. The minimum atomic E-state index is -0.535. The van der Waals surface area contributed by atoms with Crippen molar-refractivity contribution < 1.29 is 18.7 Å². The summed E-state index contributed by atoms with van der Waals surface area (Å²) in [6.07, 6.45) is 0. The Morgan fingerprint density at radius 3 is 2.81 bits per heavy atom. The van der Waals surface area contributed by atoms with Crippen molar-refractivity contribution in [2.45, 2.75) is 6.61 Å². The highest BCUT2D eigenvalue weighted by molar-refractivity contribution is 6.07. The SMILES string of the molecule is COc1ccc2c(OCc3ccccc3)c(C(=O)Nc3nnn[nH]3)oc2c1. The number of carbonyl (C=O) groups excluding carboxylic acids is 1. The molecular weight excluding hydrogens is 350 g/mol. The maximum absolute atomic E-state index is 12.6. The Kier molecular flexibility index (Phi) is 4.40. The van der Waals surface area contributed by atoms with Crippen molar-refractivity contribution in [3.63, 3.8) is 0 Å². The Balaban J connectivity index is 1.70. The highest BCUT2D eigenvalue weighted by Gasteiger charge is 2.23. The van der Waals surface area contributed by atoms with E-state index in [2.05, 4.69) is 25.9 Å². The first-order valence-electron chi connectivity index (χ1n) is 8.07. The van der Waals surface area contributed by atoms with Crippen molar-refractivity contribution in [1.82, 2.24) is 20.6 Å². The molecule has 0 unspecified atom stereocenters. The fourth-order valence-corrected chi connectivity index (χ4v) is 2.58. The molecule has 0 aliphatic rings. The predicted octanol–water partition coefficient (Wildman–Crippen LogP) is 2.79. The Bertz CT molecular complexity index is 1060. The van der Waals surface area contributed by atoms with Crippen LogP contribution in [0.25, 0.3) is 11.0 Å². The summed E-state index contributed by atoms with van der Waals surface area (Å²) >= 11 is 0. The van der Waals surface area contributed by atoms with Gasteiger partial charge in [-0.25, -0.2) is 5.10 Å². The number of H-pyrrole nitrogens is 1. The number of hydrogen-bond donors (Lipinski definition) is 2. The van der Waals surface area contributed by atoms with Crippen LogP contribution < -0.4 is 14.8 Å². The van der Waals surface area contributed by atoms with Gasteiger partial charge in [-0.15, -0.1) is 0 Å². The molecule has 4 rings (SSSR count). The number of hydrogen-bond acceptors (Lipinski definition) is 7. The second-order valence-electron chi connectivity index (χ2n) is 5.60. The van der Waals surface area contributed by atoms with E-state index in [0.717, 1.165) is 5.56 Å². The first-order chi connectivity index (χ1) is 13.2. The van der Waals surface area contributed by atoms with E-state index in [1.165, 1.54) is 0 Å². The zero-order chi connectivity index (χ0) is 18.6. The van der Waals surface area contributed by atoms with Crippen molar-refractivity contribution in [2.24, 2.45) is 0 Å². The van der Waals surface area contributed by atoms with Crippen LogP contribution in [0.15, 0.2) is 52.9 Å². The summed E-state index contributed by atoms with van der Waals surface area (Å²) in [4.78, 5) is 12.6. The van der Waals surface area contributed by atoms with E-state index in [0.29, 0.717) is 22.5 Å². The number of fused-ring (bicyclic) bond motifs is 1. The monoisotopic (exact) mass is 365 g/mol. The summed E-state index contributed by atoms with van der Waals surface area (Å²) in [5.74, 6) is 0.531. The van der Waals surface area contributed by atoms with Crippen LogP contribution >= 0.6 is 0 Å². The molecule has 0 saturated carbocycles. The number of amides is 1. The molecule has 4 aromatic rings. The number of anilines is 1. The van der Waals surface area contributed by atoms with Gasteiger partial charge in [0.15, 0.2) is 5.75 Å². The predicted molar refractivity (Wildman–Crippen MR) is 95.7 cm³/mol. The third kappa shape index (κ3) is 3.43. The van der Waals surface area contributed by atoms with Gasteiger partial charge in [0, 0.05) is 6.07 Å². The van der Waals surface area contributed by atoms with E-state index in [-0.39, 0.29) is 18.3 Å². The van der Waals surface area contributed by atoms with Crippen LogP contribution in [0.1, 0.15) is 16.1 Å². The van der Waals surface area contributed by atoms with Crippen LogP contribution in [0, 0.1) is 0 Å². The van der Waals surface area contributed by atoms with Crippen molar-refractivity contribution in [3.8, 4) is 11.5 Å². The summed E-state index contributed by atoms with van der Waals surface area (Å²) < 4.78 is 16.9. The molecule has 2 aromatic heterocycles. The highest BCUT2D eigenvalue weighted by Crippen LogP contribution is 2.36. The van der Waals surface area contributed by atoms with Crippen molar-refractivity contribution in [1.29, 1.82) is 0 Å². The quantitative estimate of drug-likeness (QED) is 0.540. The number of furan rings is 1. The number of benzene rings is 2. The summed E-state index contributed by atoms with van der Waals surface area (Å²) in [6, 6.07) is 14.9. The van der Waals surface area contributed by atoms with E-state index in [1.54, 1.807) is 25.3 Å². The van der Waals surface area contributed by atoms with Gasteiger partial charge in [-0.1, -0.05) is 35.4 Å². The average molecular weight is 365 g/mol. The van der Waals surface area contributed by atoms with Crippen LogP contribution in [0.5, 0.6) is 11.5 Å². The molecule has 2 N–H and O–H groups in total. The lowest BCUT2D eigenvalue weighted by Gasteiger charge is -2.07. The first-order valence-corrected chi connectivity index (χ1v) is 8.07. The second kappa shape index (κ2) is 7.16. The number of methoxy groups -OCH3 is 1. The molecular formula is C18H15N5O4. The van der Waals surface area contributed by atoms with Gasteiger partial charge < -0.3 is 13.9 Å². The zero-order valence-corrected chi connectivity index (χ0v) is 14.3. The number of nitrogens with zero attached hydrogens (tertiary/aromatic N) is 3. The van der Waals surface area contributed by atoms with E-state index in [4.69, 9.17) is 13.9 Å². The summed E-state index contributed by atoms with van der Waals surface area (Å²) in [7, 11) is 1.56. The maximum Gasteiger partial charge on any atom is 0.297 e. The van der Waals surface area contributed by atoms with Crippen LogP contribution in [-0.2, 0) is 6.61 Å². The fraction of sp³-hybridized carbons (Fsp3) is 0.111. The number of rotatable bonds is 6. The molecule has 2 heterocycles. The average Bonchev–Trinajstić information content (AvgIpc) is 3.34. The van der Waals surface area contributed by atoms with Gasteiger partial charge in [-0.3, -0.25) is 10.1 Å². The number of nitrogens with one attached hydrogen (secondary N) is 2. The van der Waals surface area contributed by atoms with Gasteiger partial charge in [0.1, 0.15) is 17.9 Å². The molecule has 9 nitrogen and oxygen atoms in total. The fourth-order valence-electron chi connectivity index (χ4n) is 2.58. The Hall–Kier alpha value is -3.88. The zero-order valence-electron chi connectivity index (χ0n) is 14.3. The molecule has 0 bridgehead atoms.